The fourth-order valence-electron chi connectivity index (χ4n) is 1.67. The molecule has 0 aliphatic heterocycles. The van der Waals surface area contributed by atoms with E-state index in [1.54, 1.807) is 12.1 Å². The van der Waals surface area contributed by atoms with Crippen molar-refractivity contribution < 1.29 is 13.9 Å². The molecule has 0 saturated carbocycles. The molecular weight excluding hydrogens is 285 g/mol. The third-order valence-corrected chi connectivity index (χ3v) is 3.06. The maximum absolute atomic E-state index is 12.8. The zero-order valence-electron chi connectivity index (χ0n) is 12.4. The Balaban J connectivity index is 1.98. The first-order chi connectivity index (χ1) is 10.5. The van der Waals surface area contributed by atoms with Crippen LogP contribution in [0.25, 0.3) is 0 Å². The second kappa shape index (κ2) is 7.00. The molecule has 2 aromatic rings. The molecule has 2 rings (SSSR count). The molecule has 1 heterocycles. The van der Waals surface area contributed by atoms with Gasteiger partial charge < -0.3 is 15.8 Å². The number of pyridine rings is 1. The number of hydrogen-bond acceptors (Lipinski definition) is 4. The maximum atomic E-state index is 12.8. The Bertz CT molecular complexity index is 627. The number of benzene rings is 1. The Kier molecular flexibility index (Phi) is 5.06. The first-order valence-corrected chi connectivity index (χ1v) is 6.91. The smallest absolute Gasteiger partial charge is 0.241 e. The number of hydrogen-bond donors (Lipinski definition) is 2. The molecule has 3 N–H and O–H groups in total. The van der Waals surface area contributed by atoms with Gasteiger partial charge in [0.05, 0.1) is 17.9 Å². The zero-order chi connectivity index (χ0) is 16.1. The summed E-state index contributed by atoms with van der Waals surface area (Å²) in [6.45, 7) is 3.75. The molecule has 0 radical (unpaired) electrons. The summed E-state index contributed by atoms with van der Waals surface area (Å²) < 4.78 is 18.3. The lowest BCUT2D eigenvalue weighted by Crippen LogP contribution is -2.39. The first kappa shape index (κ1) is 15.9. The van der Waals surface area contributed by atoms with E-state index >= 15 is 0 Å². The third-order valence-electron chi connectivity index (χ3n) is 3.06. The Morgan fingerprint density at radius 1 is 1.23 bits per heavy atom. The lowest BCUT2D eigenvalue weighted by atomic mass is 10.1. The van der Waals surface area contributed by atoms with E-state index in [0.717, 1.165) is 0 Å². The van der Waals surface area contributed by atoms with Crippen LogP contribution in [0.3, 0.4) is 0 Å². The van der Waals surface area contributed by atoms with E-state index in [2.05, 4.69) is 10.3 Å². The van der Waals surface area contributed by atoms with Gasteiger partial charge in [-0.05, 0) is 36.2 Å². The van der Waals surface area contributed by atoms with Crippen molar-refractivity contribution in [3.8, 4) is 11.6 Å². The van der Waals surface area contributed by atoms with Crippen molar-refractivity contribution in [1.29, 1.82) is 0 Å². The molecule has 5 nitrogen and oxygen atoms in total. The zero-order valence-corrected chi connectivity index (χ0v) is 12.4. The summed E-state index contributed by atoms with van der Waals surface area (Å²) in [5, 5.41) is 2.69. The van der Waals surface area contributed by atoms with Gasteiger partial charge in [-0.2, -0.15) is 0 Å². The normalized spacial score (nSPS) is 12.0. The summed E-state index contributed by atoms with van der Waals surface area (Å²) in [5.74, 6) is 0.281. The van der Waals surface area contributed by atoms with Crippen molar-refractivity contribution in [3.05, 3.63) is 48.4 Å². The van der Waals surface area contributed by atoms with E-state index in [4.69, 9.17) is 10.5 Å². The number of amides is 1. The average Bonchev–Trinajstić information content (AvgIpc) is 2.50. The van der Waals surface area contributed by atoms with Gasteiger partial charge in [-0.25, -0.2) is 9.37 Å². The molecule has 1 amide bonds. The second-order valence-corrected chi connectivity index (χ2v) is 5.20. The van der Waals surface area contributed by atoms with Crippen molar-refractivity contribution in [2.24, 2.45) is 11.7 Å². The topological polar surface area (TPSA) is 77.2 Å². The lowest BCUT2D eigenvalue weighted by molar-refractivity contribution is -0.118. The molecule has 1 aromatic heterocycles. The van der Waals surface area contributed by atoms with Gasteiger partial charge in [-0.1, -0.05) is 13.8 Å². The number of nitrogens with one attached hydrogen (secondary N) is 1. The minimum atomic E-state index is -0.574. The Labute approximate surface area is 128 Å². The number of nitrogens with zero attached hydrogens (tertiary/aromatic N) is 1. The molecule has 0 spiro atoms. The van der Waals surface area contributed by atoms with Crippen LogP contribution >= 0.6 is 0 Å². The van der Waals surface area contributed by atoms with Crippen molar-refractivity contribution in [1.82, 2.24) is 4.98 Å². The van der Waals surface area contributed by atoms with Gasteiger partial charge in [0.1, 0.15) is 11.6 Å². The highest BCUT2D eigenvalue weighted by atomic mass is 19.1. The number of aromatic nitrogens is 1. The molecule has 0 saturated heterocycles. The summed E-state index contributed by atoms with van der Waals surface area (Å²) in [6, 6.07) is 8.32. The Morgan fingerprint density at radius 2 is 1.91 bits per heavy atom. The van der Waals surface area contributed by atoms with E-state index < -0.39 is 6.04 Å². The molecule has 6 heteroatoms. The number of carbonyl (C=O) groups excluding carboxylic acids is 1. The van der Waals surface area contributed by atoms with Gasteiger partial charge in [0.15, 0.2) is 0 Å². The summed E-state index contributed by atoms with van der Waals surface area (Å²) >= 11 is 0. The number of anilines is 1. The molecule has 1 aromatic carbocycles. The first-order valence-electron chi connectivity index (χ1n) is 6.91. The largest absolute Gasteiger partial charge is 0.439 e. The van der Waals surface area contributed by atoms with Gasteiger partial charge in [0.25, 0.3) is 0 Å². The highest BCUT2D eigenvalue weighted by Crippen LogP contribution is 2.20. The number of ether oxygens (including phenoxy) is 1. The lowest BCUT2D eigenvalue weighted by Gasteiger charge is -2.15. The summed E-state index contributed by atoms with van der Waals surface area (Å²) in [6.07, 6.45) is 1.48. The van der Waals surface area contributed by atoms with Crippen molar-refractivity contribution >= 4 is 11.6 Å². The molecule has 0 fully saturated rings. The van der Waals surface area contributed by atoms with Crippen LogP contribution in [-0.4, -0.2) is 16.9 Å². The molecular formula is C16H18FN3O2. The molecule has 0 aliphatic rings. The predicted molar refractivity (Wildman–Crippen MR) is 82.2 cm³/mol. The Morgan fingerprint density at radius 3 is 2.45 bits per heavy atom. The van der Waals surface area contributed by atoms with Crippen molar-refractivity contribution in [2.75, 3.05) is 5.32 Å². The molecule has 1 atom stereocenters. The predicted octanol–water partition coefficient (Wildman–Crippen LogP) is 2.93. The average molecular weight is 303 g/mol. The molecule has 116 valence electrons. The summed E-state index contributed by atoms with van der Waals surface area (Å²) in [5.41, 5.74) is 6.30. The van der Waals surface area contributed by atoms with E-state index in [0.29, 0.717) is 17.3 Å². The third kappa shape index (κ3) is 4.26. The molecule has 0 unspecified atom stereocenters. The van der Waals surface area contributed by atoms with Crippen molar-refractivity contribution in [3.63, 3.8) is 0 Å². The number of carbonyl (C=O) groups is 1. The second-order valence-electron chi connectivity index (χ2n) is 5.20. The van der Waals surface area contributed by atoms with Crippen LogP contribution < -0.4 is 15.8 Å². The number of halogens is 1. The van der Waals surface area contributed by atoms with Crippen LogP contribution in [0, 0.1) is 11.7 Å². The molecule has 22 heavy (non-hydrogen) atoms. The Hall–Kier alpha value is -2.47. The maximum Gasteiger partial charge on any atom is 0.241 e. The van der Waals surface area contributed by atoms with Crippen LogP contribution in [0.2, 0.25) is 0 Å². The number of nitrogens with two attached hydrogens (primary N) is 1. The van der Waals surface area contributed by atoms with Gasteiger partial charge in [0, 0.05) is 6.07 Å². The van der Waals surface area contributed by atoms with Crippen LogP contribution in [0.15, 0.2) is 42.6 Å². The van der Waals surface area contributed by atoms with Gasteiger partial charge in [0.2, 0.25) is 11.8 Å². The van der Waals surface area contributed by atoms with Crippen molar-refractivity contribution in [2.45, 2.75) is 19.9 Å². The summed E-state index contributed by atoms with van der Waals surface area (Å²) in [7, 11) is 0. The van der Waals surface area contributed by atoms with Crippen LogP contribution in [0.1, 0.15) is 13.8 Å². The molecule has 0 bridgehead atoms. The van der Waals surface area contributed by atoms with Crippen LogP contribution in [-0.2, 0) is 4.79 Å². The monoisotopic (exact) mass is 303 g/mol. The van der Waals surface area contributed by atoms with E-state index in [9.17, 15) is 9.18 Å². The van der Waals surface area contributed by atoms with E-state index in [-0.39, 0.29) is 17.6 Å². The fraction of sp³-hybridized carbons (Fsp3) is 0.250. The minimum Gasteiger partial charge on any atom is -0.439 e. The van der Waals surface area contributed by atoms with Gasteiger partial charge in [-0.3, -0.25) is 4.79 Å². The van der Waals surface area contributed by atoms with Crippen LogP contribution in [0.4, 0.5) is 10.1 Å². The van der Waals surface area contributed by atoms with E-state index in [1.165, 1.54) is 30.5 Å². The SMILES string of the molecule is CC(C)[C@H](N)C(=O)Nc1ccc(Oc2ccc(F)cc2)nc1. The highest BCUT2D eigenvalue weighted by Gasteiger charge is 2.17. The quantitative estimate of drug-likeness (QED) is 0.890. The van der Waals surface area contributed by atoms with E-state index in [1.807, 2.05) is 13.8 Å². The summed E-state index contributed by atoms with van der Waals surface area (Å²) in [4.78, 5) is 15.9. The fourth-order valence-corrected chi connectivity index (χ4v) is 1.67. The molecule has 0 aliphatic carbocycles. The minimum absolute atomic E-state index is 0.0500. The van der Waals surface area contributed by atoms with Gasteiger partial charge >= 0.3 is 0 Å². The highest BCUT2D eigenvalue weighted by molar-refractivity contribution is 5.94. The van der Waals surface area contributed by atoms with Crippen LogP contribution in [0.5, 0.6) is 11.6 Å². The standard InChI is InChI=1S/C16H18FN3O2/c1-10(2)15(18)16(21)20-12-5-8-14(19-9-12)22-13-6-3-11(17)4-7-13/h3-10,15H,18H2,1-2H3,(H,20,21)/t15-/m0/s1. The number of rotatable bonds is 5. The van der Waals surface area contributed by atoms with Gasteiger partial charge in [-0.15, -0.1) is 0 Å².